The minimum absolute atomic E-state index is 0.0179. The summed E-state index contributed by atoms with van der Waals surface area (Å²) in [5, 5.41) is 4.14. The molecule has 1 aromatic rings. The summed E-state index contributed by atoms with van der Waals surface area (Å²) >= 11 is 1.59. The van der Waals surface area contributed by atoms with Crippen molar-refractivity contribution in [2.45, 2.75) is 45.4 Å². The molecule has 5 heteroatoms. The summed E-state index contributed by atoms with van der Waals surface area (Å²) in [5.74, 6) is 1.40. The zero-order valence-corrected chi connectivity index (χ0v) is 13.8. The third kappa shape index (κ3) is 3.03. The SMILES string of the molecule is CCNC(=O)c1sc(N(CC)CC2CC2)c(C2CC2)c1N. The summed E-state index contributed by atoms with van der Waals surface area (Å²) in [6.45, 7) is 6.89. The smallest absolute Gasteiger partial charge is 0.263 e. The van der Waals surface area contributed by atoms with Gasteiger partial charge in [0.2, 0.25) is 0 Å². The number of nitrogens with zero attached hydrogens (tertiary/aromatic N) is 1. The van der Waals surface area contributed by atoms with Crippen LogP contribution in [0, 0.1) is 5.92 Å². The molecular weight excluding hydrogens is 282 g/mol. The van der Waals surface area contributed by atoms with E-state index in [0.29, 0.717) is 17.3 Å². The number of hydrogen-bond acceptors (Lipinski definition) is 4. The molecule has 0 aromatic carbocycles. The van der Waals surface area contributed by atoms with E-state index in [4.69, 9.17) is 5.73 Å². The van der Waals surface area contributed by atoms with Crippen molar-refractivity contribution in [2.75, 3.05) is 30.3 Å². The maximum Gasteiger partial charge on any atom is 0.263 e. The Morgan fingerprint density at radius 2 is 2.05 bits per heavy atom. The third-order valence-corrected chi connectivity index (χ3v) is 5.62. The number of nitrogen functional groups attached to an aromatic ring is 1. The van der Waals surface area contributed by atoms with Crippen LogP contribution in [0.2, 0.25) is 0 Å². The maximum atomic E-state index is 12.2. The number of anilines is 2. The second kappa shape index (κ2) is 5.87. The Morgan fingerprint density at radius 1 is 1.33 bits per heavy atom. The van der Waals surface area contributed by atoms with Crippen molar-refractivity contribution in [1.82, 2.24) is 5.32 Å². The number of hydrogen-bond donors (Lipinski definition) is 2. The molecule has 1 aromatic heterocycles. The molecule has 0 saturated heterocycles. The average molecular weight is 307 g/mol. The van der Waals surface area contributed by atoms with E-state index in [-0.39, 0.29) is 5.91 Å². The van der Waals surface area contributed by atoms with E-state index in [1.807, 2.05) is 6.92 Å². The summed E-state index contributed by atoms with van der Waals surface area (Å²) < 4.78 is 0. The van der Waals surface area contributed by atoms with Gasteiger partial charge >= 0.3 is 0 Å². The van der Waals surface area contributed by atoms with E-state index in [1.165, 1.54) is 36.2 Å². The number of carbonyl (C=O) groups is 1. The molecule has 0 atom stereocenters. The molecule has 2 saturated carbocycles. The highest BCUT2D eigenvalue weighted by molar-refractivity contribution is 7.18. The van der Waals surface area contributed by atoms with Crippen LogP contribution in [0.3, 0.4) is 0 Å². The Labute approximate surface area is 130 Å². The number of thiophene rings is 1. The second-order valence-electron chi connectivity index (χ2n) is 6.18. The average Bonchev–Trinajstić information content (AvgIpc) is 3.36. The summed E-state index contributed by atoms with van der Waals surface area (Å²) in [7, 11) is 0. The van der Waals surface area contributed by atoms with Crippen LogP contribution < -0.4 is 16.0 Å². The van der Waals surface area contributed by atoms with E-state index in [1.54, 1.807) is 11.3 Å². The van der Waals surface area contributed by atoms with Gasteiger partial charge in [-0.15, -0.1) is 11.3 Å². The van der Waals surface area contributed by atoms with Gasteiger partial charge in [0.05, 0.1) is 10.7 Å². The lowest BCUT2D eigenvalue weighted by Crippen LogP contribution is -2.25. The summed E-state index contributed by atoms with van der Waals surface area (Å²) in [6, 6.07) is 0. The Balaban J connectivity index is 1.93. The standard InChI is InChI=1S/C16H25N3OS/c1-3-18-15(20)14-13(17)12(11-7-8-11)16(21-14)19(4-2)9-10-5-6-10/h10-11H,3-9,17H2,1-2H3,(H,18,20). The molecule has 3 N–H and O–H groups in total. The van der Waals surface area contributed by atoms with Crippen LogP contribution >= 0.6 is 11.3 Å². The van der Waals surface area contributed by atoms with Gasteiger partial charge in [-0.1, -0.05) is 0 Å². The summed E-state index contributed by atoms with van der Waals surface area (Å²) in [6.07, 6.45) is 5.12. The zero-order valence-electron chi connectivity index (χ0n) is 12.9. The molecule has 1 amide bonds. The van der Waals surface area contributed by atoms with Crippen molar-refractivity contribution in [1.29, 1.82) is 0 Å². The van der Waals surface area contributed by atoms with Gasteiger partial charge in [0.25, 0.3) is 5.91 Å². The number of nitrogens with two attached hydrogens (primary N) is 1. The zero-order chi connectivity index (χ0) is 15.0. The lowest BCUT2D eigenvalue weighted by atomic mass is 10.1. The second-order valence-corrected chi connectivity index (χ2v) is 7.18. The van der Waals surface area contributed by atoms with Crippen molar-refractivity contribution < 1.29 is 4.79 Å². The monoisotopic (exact) mass is 307 g/mol. The molecule has 21 heavy (non-hydrogen) atoms. The lowest BCUT2D eigenvalue weighted by molar-refractivity contribution is 0.0960. The van der Waals surface area contributed by atoms with Crippen LogP contribution in [0.5, 0.6) is 0 Å². The van der Waals surface area contributed by atoms with Gasteiger partial charge in [-0.3, -0.25) is 4.79 Å². The molecular formula is C16H25N3OS. The lowest BCUT2D eigenvalue weighted by Gasteiger charge is -2.23. The van der Waals surface area contributed by atoms with Crippen molar-refractivity contribution in [3.63, 3.8) is 0 Å². The first-order valence-corrected chi connectivity index (χ1v) is 8.92. The predicted octanol–water partition coefficient (Wildman–Crippen LogP) is 3.19. The normalized spacial score (nSPS) is 17.8. The highest BCUT2D eigenvalue weighted by atomic mass is 32.1. The third-order valence-electron chi connectivity index (χ3n) is 4.34. The van der Waals surface area contributed by atoms with Crippen LogP contribution in [0.4, 0.5) is 10.7 Å². The number of carbonyl (C=O) groups excluding carboxylic acids is 1. The Kier molecular flexibility index (Phi) is 4.11. The van der Waals surface area contributed by atoms with Crippen molar-refractivity contribution in [3.8, 4) is 0 Å². The first kappa shape index (κ1) is 14.7. The molecule has 3 rings (SSSR count). The van der Waals surface area contributed by atoms with Crippen LogP contribution in [0.25, 0.3) is 0 Å². The van der Waals surface area contributed by atoms with Crippen molar-refractivity contribution in [2.24, 2.45) is 5.92 Å². The Bertz CT molecular complexity index is 532. The van der Waals surface area contributed by atoms with Gasteiger partial charge < -0.3 is 16.0 Å². The molecule has 2 aliphatic rings. The summed E-state index contributed by atoms with van der Waals surface area (Å²) in [5.41, 5.74) is 8.33. The van der Waals surface area contributed by atoms with Gasteiger partial charge in [0, 0.05) is 25.2 Å². The van der Waals surface area contributed by atoms with Gasteiger partial charge in [-0.2, -0.15) is 0 Å². The predicted molar refractivity (Wildman–Crippen MR) is 89.3 cm³/mol. The fraction of sp³-hybridized carbons (Fsp3) is 0.688. The highest BCUT2D eigenvalue weighted by Crippen LogP contribution is 2.52. The van der Waals surface area contributed by atoms with Crippen LogP contribution in [-0.2, 0) is 0 Å². The molecule has 2 aliphatic carbocycles. The fourth-order valence-electron chi connectivity index (χ4n) is 2.82. The van der Waals surface area contributed by atoms with E-state index < -0.39 is 0 Å². The quantitative estimate of drug-likeness (QED) is 0.813. The number of rotatable bonds is 7. The maximum absolute atomic E-state index is 12.2. The van der Waals surface area contributed by atoms with Gasteiger partial charge in [0.15, 0.2) is 0 Å². The molecule has 116 valence electrons. The molecule has 2 fully saturated rings. The first-order valence-electron chi connectivity index (χ1n) is 8.10. The van der Waals surface area contributed by atoms with E-state index in [0.717, 1.165) is 24.7 Å². The number of amides is 1. The minimum Gasteiger partial charge on any atom is -0.397 e. The summed E-state index contributed by atoms with van der Waals surface area (Å²) in [4.78, 5) is 15.4. The number of nitrogens with one attached hydrogen (secondary N) is 1. The van der Waals surface area contributed by atoms with Crippen LogP contribution in [0.15, 0.2) is 0 Å². The van der Waals surface area contributed by atoms with E-state index in [9.17, 15) is 4.79 Å². The molecule has 0 spiro atoms. The van der Waals surface area contributed by atoms with E-state index >= 15 is 0 Å². The highest BCUT2D eigenvalue weighted by Gasteiger charge is 2.35. The molecule has 0 unspecified atom stereocenters. The van der Waals surface area contributed by atoms with Gasteiger partial charge in [0.1, 0.15) is 4.88 Å². The van der Waals surface area contributed by atoms with Gasteiger partial charge in [-0.25, -0.2) is 0 Å². The topological polar surface area (TPSA) is 58.4 Å². The Morgan fingerprint density at radius 3 is 2.57 bits per heavy atom. The molecule has 0 radical (unpaired) electrons. The Hall–Kier alpha value is -1.23. The van der Waals surface area contributed by atoms with Crippen molar-refractivity contribution >= 4 is 27.9 Å². The minimum atomic E-state index is -0.0179. The van der Waals surface area contributed by atoms with Crippen molar-refractivity contribution in [3.05, 3.63) is 10.4 Å². The molecule has 4 nitrogen and oxygen atoms in total. The fourth-order valence-corrected chi connectivity index (χ4v) is 4.12. The van der Waals surface area contributed by atoms with Gasteiger partial charge in [-0.05, 0) is 51.4 Å². The molecule has 1 heterocycles. The first-order chi connectivity index (χ1) is 10.2. The molecule has 0 aliphatic heterocycles. The largest absolute Gasteiger partial charge is 0.397 e. The molecule has 0 bridgehead atoms. The van der Waals surface area contributed by atoms with Crippen LogP contribution in [0.1, 0.15) is 60.7 Å². The van der Waals surface area contributed by atoms with Crippen LogP contribution in [-0.4, -0.2) is 25.5 Å². The van der Waals surface area contributed by atoms with E-state index in [2.05, 4.69) is 17.1 Å².